The Morgan fingerprint density at radius 1 is 1.39 bits per heavy atom. The summed E-state index contributed by atoms with van der Waals surface area (Å²) in [7, 11) is 1.73. The van der Waals surface area contributed by atoms with Gasteiger partial charge in [-0.1, -0.05) is 6.92 Å². The highest BCUT2D eigenvalue weighted by molar-refractivity contribution is 5.56. The Morgan fingerprint density at radius 3 is 2.78 bits per heavy atom. The largest absolute Gasteiger partial charge is 0.384 e. The molecule has 0 saturated carbocycles. The topological polar surface area (TPSA) is 37.4 Å². The molecule has 1 aromatic heterocycles. The molecule has 18 heavy (non-hydrogen) atoms. The summed E-state index contributed by atoms with van der Waals surface area (Å²) in [5, 5.41) is 3.36. The van der Waals surface area contributed by atoms with Gasteiger partial charge in [0.15, 0.2) is 0 Å². The van der Waals surface area contributed by atoms with Crippen LogP contribution in [0.2, 0.25) is 0 Å². The smallest absolute Gasteiger partial charge is 0.0637 e. The van der Waals surface area contributed by atoms with Crippen LogP contribution in [0.5, 0.6) is 0 Å². The van der Waals surface area contributed by atoms with E-state index in [-0.39, 0.29) is 0 Å². The van der Waals surface area contributed by atoms with Crippen molar-refractivity contribution in [2.75, 3.05) is 37.0 Å². The van der Waals surface area contributed by atoms with E-state index in [0.29, 0.717) is 6.04 Å². The van der Waals surface area contributed by atoms with Gasteiger partial charge in [0.1, 0.15) is 0 Å². The molecule has 0 radical (unpaired) electrons. The molecule has 0 aliphatic heterocycles. The maximum absolute atomic E-state index is 5.16. The molecule has 0 saturated heterocycles. The maximum Gasteiger partial charge on any atom is 0.0637 e. The number of methoxy groups -OCH3 is 1. The summed E-state index contributed by atoms with van der Waals surface area (Å²) in [6.45, 7) is 9.11. The third kappa shape index (κ3) is 4.53. The van der Waals surface area contributed by atoms with E-state index in [9.17, 15) is 0 Å². The Morgan fingerprint density at radius 2 is 2.17 bits per heavy atom. The Kier molecular flexibility index (Phi) is 6.50. The highest BCUT2D eigenvalue weighted by Crippen LogP contribution is 2.19. The lowest BCUT2D eigenvalue weighted by Crippen LogP contribution is -2.33. The summed E-state index contributed by atoms with van der Waals surface area (Å²) >= 11 is 0. The molecule has 0 unspecified atom stereocenters. The number of aromatic nitrogens is 1. The summed E-state index contributed by atoms with van der Waals surface area (Å²) < 4.78 is 5.16. The minimum absolute atomic E-state index is 0.434. The average Bonchev–Trinajstić information content (AvgIpc) is 2.37. The van der Waals surface area contributed by atoms with Gasteiger partial charge in [0.05, 0.1) is 30.4 Å². The molecule has 0 atom stereocenters. The molecule has 0 aromatic carbocycles. The van der Waals surface area contributed by atoms with Crippen LogP contribution in [0.25, 0.3) is 0 Å². The van der Waals surface area contributed by atoms with E-state index in [2.05, 4.69) is 42.0 Å². The van der Waals surface area contributed by atoms with E-state index in [4.69, 9.17) is 4.74 Å². The summed E-state index contributed by atoms with van der Waals surface area (Å²) in [6.07, 6.45) is 4.89. The van der Waals surface area contributed by atoms with Crippen LogP contribution in [-0.2, 0) is 4.74 Å². The number of pyridine rings is 1. The van der Waals surface area contributed by atoms with Crippen LogP contribution in [0.1, 0.15) is 27.2 Å². The maximum atomic E-state index is 5.16. The van der Waals surface area contributed by atoms with Gasteiger partial charge in [-0.3, -0.25) is 4.98 Å². The molecule has 0 fully saturated rings. The van der Waals surface area contributed by atoms with Gasteiger partial charge < -0.3 is 15.0 Å². The molecule has 1 rings (SSSR count). The van der Waals surface area contributed by atoms with Gasteiger partial charge in [0.25, 0.3) is 0 Å². The summed E-state index contributed by atoms with van der Waals surface area (Å²) in [5.74, 6) is 0. The van der Waals surface area contributed by atoms with Gasteiger partial charge in [-0.25, -0.2) is 0 Å². The van der Waals surface area contributed by atoms with Crippen molar-refractivity contribution >= 4 is 11.4 Å². The Balaban J connectivity index is 2.77. The predicted octanol–water partition coefficient (Wildman–Crippen LogP) is 2.76. The standard InChI is InChI=1S/C14H25N3O/c1-5-6-16-13-9-14(11-15-10-13)17(12(2)3)7-8-18-4/h9-12,16H,5-8H2,1-4H3. The summed E-state index contributed by atoms with van der Waals surface area (Å²) in [4.78, 5) is 6.60. The van der Waals surface area contributed by atoms with E-state index in [1.165, 1.54) is 0 Å². The van der Waals surface area contributed by atoms with E-state index < -0.39 is 0 Å². The number of hydrogen-bond acceptors (Lipinski definition) is 4. The number of rotatable bonds is 8. The zero-order chi connectivity index (χ0) is 13.4. The molecule has 1 heterocycles. The lowest BCUT2D eigenvalue weighted by atomic mass is 10.2. The molecule has 0 bridgehead atoms. The van der Waals surface area contributed by atoms with E-state index in [0.717, 1.165) is 37.5 Å². The second kappa shape index (κ2) is 7.93. The van der Waals surface area contributed by atoms with Crippen molar-refractivity contribution in [1.29, 1.82) is 0 Å². The van der Waals surface area contributed by atoms with Crippen molar-refractivity contribution in [1.82, 2.24) is 4.98 Å². The van der Waals surface area contributed by atoms with Gasteiger partial charge in [-0.2, -0.15) is 0 Å². The first-order chi connectivity index (χ1) is 8.69. The van der Waals surface area contributed by atoms with Crippen LogP contribution in [0, 0.1) is 0 Å². The van der Waals surface area contributed by atoms with Gasteiger partial charge in [-0.05, 0) is 26.3 Å². The predicted molar refractivity (Wildman–Crippen MR) is 77.4 cm³/mol. The van der Waals surface area contributed by atoms with E-state index in [1.807, 2.05) is 12.4 Å². The Bertz CT molecular complexity index is 342. The second-order valence-electron chi connectivity index (χ2n) is 4.64. The van der Waals surface area contributed by atoms with Crippen molar-refractivity contribution in [2.45, 2.75) is 33.2 Å². The fourth-order valence-electron chi connectivity index (χ4n) is 1.83. The van der Waals surface area contributed by atoms with Crippen LogP contribution in [0.3, 0.4) is 0 Å². The number of anilines is 2. The molecule has 1 aromatic rings. The SMILES string of the molecule is CCCNc1cncc(N(CCOC)C(C)C)c1. The van der Waals surface area contributed by atoms with Crippen molar-refractivity contribution < 1.29 is 4.74 Å². The fraction of sp³-hybridized carbons (Fsp3) is 0.643. The van der Waals surface area contributed by atoms with Crippen LogP contribution in [-0.4, -0.2) is 37.8 Å². The van der Waals surface area contributed by atoms with Crippen molar-refractivity contribution in [3.63, 3.8) is 0 Å². The number of nitrogens with one attached hydrogen (secondary N) is 1. The molecule has 0 amide bonds. The van der Waals surface area contributed by atoms with Crippen molar-refractivity contribution in [2.24, 2.45) is 0 Å². The molecule has 0 spiro atoms. The van der Waals surface area contributed by atoms with Crippen molar-refractivity contribution in [3.8, 4) is 0 Å². The molecular weight excluding hydrogens is 226 g/mol. The molecule has 4 heteroatoms. The van der Waals surface area contributed by atoms with Gasteiger partial charge in [0.2, 0.25) is 0 Å². The molecule has 0 aliphatic rings. The highest BCUT2D eigenvalue weighted by atomic mass is 16.5. The van der Waals surface area contributed by atoms with Gasteiger partial charge in [0, 0.05) is 26.2 Å². The quantitative estimate of drug-likeness (QED) is 0.771. The number of ether oxygens (including phenoxy) is 1. The van der Waals surface area contributed by atoms with Crippen LogP contribution in [0.15, 0.2) is 18.5 Å². The molecular formula is C14H25N3O. The fourth-order valence-corrected chi connectivity index (χ4v) is 1.83. The average molecular weight is 251 g/mol. The molecule has 102 valence electrons. The first-order valence-electron chi connectivity index (χ1n) is 6.63. The zero-order valence-electron chi connectivity index (χ0n) is 11.9. The summed E-state index contributed by atoms with van der Waals surface area (Å²) in [5.41, 5.74) is 2.22. The Hall–Kier alpha value is -1.29. The van der Waals surface area contributed by atoms with E-state index >= 15 is 0 Å². The van der Waals surface area contributed by atoms with Crippen LogP contribution in [0.4, 0.5) is 11.4 Å². The lowest BCUT2D eigenvalue weighted by molar-refractivity contribution is 0.204. The third-order valence-electron chi connectivity index (χ3n) is 2.79. The minimum Gasteiger partial charge on any atom is -0.384 e. The van der Waals surface area contributed by atoms with Crippen molar-refractivity contribution in [3.05, 3.63) is 18.5 Å². The Labute approximate surface area is 110 Å². The molecule has 4 nitrogen and oxygen atoms in total. The molecule has 1 N–H and O–H groups in total. The van der Waals surface area contributed by atoms with Gasteiger partial charge >= 0.3 is 0 Å². The highest BCUT2D eigenvalue weighted by Gasteiger charge is 2.11. The van der Waals surface area contributed by atoms with E-state index in [1.54, 1.807) is 7.11 Å². The second-order valence-corrected chi connectivity index (χ2v) is 4.64. The van der Waals surface area contributed by atoms with Crippen LogP contribution >= 0.6 is 0 Å². The number of hydrogen-bond donors (Lipinski definition) is 1. The molecule has 0 aliphatic carbocycles. The summed E-state index contributed by atoms with van der Waals surface area (Å²) in [6, 6.07) is 2.58. The first-order valence-corrected chi connectivity index (χ1v) is 6.63. The lowest BCUT2D eigenvalue weighted by Gasteiger charge is -2.28. The van der Waals surface area contributed by atoms with Crippen LogP contribution < -0.4 is 10.2 Å². The number of nitrogens with zero attached hydrogens (tertiary/aromatic N) is 2. The zero-order valence-corrected chi connectivity index (χ0v) is 11.9. The first kappa shape index (κ1) is 14.8. The normalized spacial score (nSPS) is 10.7. The monoisotopic (exact) mass is 251 g/mol. The minimum atomic E-state index is 0.434. The van der Waals surface area contributed by atoms with Gasteiger partial charge in [-0.15, -0.1) is 0 Å². The third-order valence-corrected chi connectivity index (χ3v) is 2.79.